The highest BCUT2D eigenvalue weighted by atomic mass is 35.5. The molecule has 0 heterocycles. The van der Waals surface area contributed by atoms with Gasteiger partial charge in [-0.15, -0.1) is 0 Å². The van der Waals surface area contributed by atoms with Crippen molar-refractivity contribution in [1.29, 1.82) is 0 Å². The monoisotopic (exact) mass is 634 g/mol. The zero-order chi connectivity index (χ0) is 31.7. The molecule has 3 fully saturated rings. The Balaban J connectivity index is 1.55. The quantitative estimate of drug-likeness (QED) is 0.290. The lowest BCUT2D eigenvalue weighted by Crippen LogP contribution is -2.70. The zero-order valence-corrected chi connectivity index (χ0v) is 26.4. The van der Waals surface area contributed by atoms with E-state index in [0.29, 0.717) is 10.6 Å². The molecule has 1 aromatic rings. The number of Topliss-reactive ketones (excluding diaryl/α,β-unsaturated/α-hetero) is 1. The number of allylic oxidation sites excluding steroid dienone is 4. The van der Waals surface area contributed by atoms with Crippen molar-refractivity contribution in [3.05, 3.63) is 58.7 Å². The molecule has 43 heavy (non-hydrogen) atoms. The Morgan fingerprint density at radius 2 is 1.79 bits per heavy atom. The number of ketones is 2. The van der Waals surface area contributed by atoms with Crippen molar-refractivity contribution in [3.8, 4) is 0 Å². The van der Waals surface area contributed by atoms with Crippen LogP contribution in [0.2, 0.25) is 5.02 Å². The van der Waals surface area contributed by atoms with Gasteiger partial charge in [-0.2, -0.15) is 0 Å². The second kappa shape index (κ2) is 10.9. The Bertz CT molecular complexity index is 1430. The first-order chi connectivity index (χ1) is 20.0. The molecule has 5 rings (SSSR count). The maximum Gasteiger partial charge on any atom is 0.309 e. The van der Waals surface area contributed by atoms with E-state index in [0.717, 1.165) is 17.8 Å². The number of benzene rings is 1. The summed E-state index contributed by atoms with van der Waals surface area (Å²) in [5.74, 6) is -4.49. The lowest BCUT2D eigenvalue weighted by Gasteiger charge is -2.63. The van der Waals surface area contributed by atoms with E-state index in [-0.39, 0.29) is 36.4 Å². The van der Waals surface area contributed by atoms with Gasteiger partial charge < -0.3 is 9.84 Å². The second-order valence-electron chi connectivity index (χ2n) is 13.3. The van der Waals surface area contributed by atoms with E-state index in [2.05, 4.69) is 0 Å². The molecule has 0 unspecified atom stereocenters. The number of fused-ring (bicyclic) bond motifs is 5. The average Bonchev–Trinajstić information content (AvgIpc) is 3.16. The van der Waals surface area contributed by atoms with Crippen LogP contribution < -0.4 is 0 Å². The minimum Gasteiger partial charge on any atom is -0.449 e. The molecule has 1 N–H and O–H groups in total. The first-order valence-corrected chi connectivity index (χ1v) is 16.0. The molecular formula is C33H37ClF2O6S. The minimum atomic E-state index is -2.33. The average molecular weight is 635 g/mol. The van der Waals surface area contributed by atoms with Gasteiger partial charge in [-0.25, -0.2) is 8.78 Å². The van der Waals surface area contributed by atoms with Crippen LogP contribution >= 0.6 is 23.4 Å². The third-order valence-electron chi connectivity index (χ3n) is 10.7. The van der Waals surface area contributed by atoms with E-state index in [1.54, 1.807) is 52.0 Å². The van der Waals surface area contributed by atoms with Crippen molar-refractivity contribution in [2.24, 2.45) is 34.5 Å². The van der Waals surface area contributed by atoms with Gasteiger partial charge in [0.05, 0.1) is 17.8 Å². The Labute approximate surface area is 259 Å². The molecule has 232 valence electrons. The van der Waals surface area contributed by atoms with Gasteiger partial charge in [0, 0.05) is 33.3 Å². The summed E-state index contributed by atoms with van der Waals surface area (Å²) in [7, 11) is 0. The van der Waals surface area contributed by atoms with Crippen LogP contribution in [0.5, 0.6) is 0 Å². The van der Waals surface area contributed by atoms with E-state index in [9.17, 15) is 24.3 Å². The molecule has 0 bridgehead atoms. The maximum atomic E-state index is 17.6. The number of alkyl halides is 2. The highest BCUT2D eigenvalue weighted by Gasteiger charge is 2.78. The fraction of sp³-hybridized carbons (Fsp3) is 0.576. The summed E-state index contributed by atoms with van der Waals surface area (Å²) in [5.41, 5.74) is -6.59. The Morgan fingerprint density at radius 3 is 2.42 bits per heavy atom. The van der Waals surface area contributed by atoms with Gasteiger partial charge in [-0.1, -0.05) is 57.1 Å². The number of ether oxygens (including phenoxy) is 1. The van der Waals surface area contributed by atoms with E-state index < -0.39 is 74.9 Å². The van der Waals surface area contributed by atoms with Gasteiger partial charge in [-0.05, 0) is 74.1 Å². The van der Waals surface area contributed by atoms with Crippen LogP contribution in [-0.4, -0.2) is 57.1 Å². The van der Waals surface area contributed by atoms with E-state index in [1.807, 2.05) is 0 Å². The third-order valence-corrected chi connectivity index (χ3v) is 11.9. The highest BCUT2D eigenvalue weighted by molar-refractivity contribution is 8.14. The fourth-order valence-electron chi connectivity index (χ4n) is 8.45. The third kappa shape index (κ3) is 4.59. The maximum absolute atomic E-state index is 17.6. The molecule has 10 heteroatoms. The molecular weight excluding hydrogens is 598 g/mol. The molecule has 3 saturated carbocycles. The van der Waals surface area contributed by atoms with Gasteiger partial charge >= 0.3 is 5.97 Å². The van der Waals surface area contributed by atoms with Crippen LogP contribution in [0.1, 0.15) is 64.2 Å². The molecule has 0 aromatic heterocycles. The van der Waals surface area contributed by atoms with Crippen molar-refractivity contribution in [1.82, 2.24) is 0 Å². The topological polar surface area (TPSA) is 97.7 Å². The summed E-state index contributed by atoms with van der Waals surface area (Å²) in [5, 5.41) is 11.6. The Morgan fingerprint density at radius 1 is 1.14 bits per heavy atom. The van der Waals surface area contributed by atoms with Crippen molar-refractivity contribution >= 4 is 46.0 Å². The molecule has 0 radical (unpaired) electrons. The standard InChI is InChI=1S/C33H37ClF2O6S/c1-17(2)28(40)42-33(29(41)43-16-26(38)19-6-8-20(34)9-7-19)18(3)12-22-23-14-25(35)24-13-21(37)10-11-30(24,4)32(23,36)27(39)15-31(22,33)5/h6-11,13,17-18,22-23,25,27,39H,12,14-16H2,1-5H3/t18-,22+,23+,25+,27+,30+,31+,32+,33+/m1/s1. The van der Waals surface area contributed by atoms with E-state index in [4.69, 9.17) is 16.3 Å². The number of aliphatic hydroxyl groups excluding tert-OH is 1. The number of aliphatic hydroxyl groups is 1. The van der Waals surface area contributed by atoms with Crippen LogP contribution in [0.25, 0.3) is 0 Å². The summed E-state index contributed by atoms with van der Waals surface area (Å²) in [4.78, 5) is 52.6. The first-order valence-electron chi connectivity index (χ1n) is 14.7. The first kappa shape index (κ1) is 32.0. The molecule has 4 aliphatic carbocycles. The summed E-state index contributed by atoms with van der Waals surface area (Å²) in [6, 6.07) is 6.27. The largest absolute Gasteiger partial charge is 0.449 e. The zero-order valence-electron chi connectivity index (χ0n) is 24.9. The number of halogens is 3. The Kier molecular flexibility index (Phi) is 8.13. The Hall–Kier alpha value is -2.36. The summed E-state index contributed by atoms with van der Waals surface area (Å²) >= 11 is 6.67. The van der Waals surface area contributed by atoms with E-state index >= 15 is 8.78 Å². The minimum absolute atomic E-state index is 0.0114. The number of rotatable bonds is 6. The molecule has 1 aromatic carbocycles. The predicted molar refractivity (Wildman–Crippen MR) is 160 cm³/mol. The number of hydrogen-bond donors (Lipinski definition) is 1. The van der Waals surface area contributed by atoms with Gasteiger partial charge in [0.1, 0.15) is 6.17 Å². The van der Waals surface area contributed by atoms with Gasteiger partial charge in [0.25, 0.3) is 0 Å². The molecule has 0 amide bonds. The van der Waals surface area contributed by atoms with Gasteiger partial charge in [-0.3, -0.25) is 19.2 Å². The molecule has 9 atom stereocenters. The van der Waals surface area contributed by atoms with Crippen molar-refractivity contribution in [3.63, 3.8) is 0 Å². The summed E-state index contributed by atoms with van der Waals surface area (Å²) in [6.45, 7) is 8.27. The normalized spacial score (nSPS) is 39.9. The van der Waals surface area contributed by atoms with Crippen molar-refractivity contribution in [2.45, 2.75) is 77.4 Å². The molecule has 0 aliphatic heterocycles. The predicted octanol–water partition coefficient (Wildman–Crippen LogP) is 6.29. The van der Waals surface area contributed by atoms with Crippen LogP contribution in [0, 0.1) is 34.5 Å². The van der Waals surface area contributed by atoms with Crippen LogP contribution in [0.3, 0.4) is 0 Å². The number of esters is 1. The van der Waals surface area contributed by atoms with Gasteiger partial charge in [0.2, 0.25) is 5.12 Å². The number of hydrogen-bond acceptors (Lipinski definition) is 7. The van der Waals surface area contributed by atoms with Gasteiger partial charge in [0.15, 0.2) is 22.8 Å². The molecule has 0 spiro atoms. The fourth-order valence-corrected chi connectivity index (χ4v) is 9.70. The highest BCUT2D eigenvalue weighted by Crippen LogP contribution is 2.72. The van der Waals surface area contributed by atoms with E-state index in [1.165, 1.54) is 19.1 Å². The SMILES string of the molecule is CC(C)C(=O)O[C@]1(C(=O)SCC(=O)c2ccc(Cl)cc2)[C@H](C)C[C@H]2[C@@H]3C[C@H](F)C4=CC(=O)C=C[C@]4(C)[C@@]3(F)[C@@H](O)C[C@@]21C. The summed E-state index contributed by atoms with van der Waals surface area (Å²) < 4.78 is 39.6. The molecule has 4 aliphatic rings. The van der Waals surface area contributed by atoms with Crippen LogP contribution in [-0.2, 0) is 19.1 Å². The lowest BCUT2D eigenvalue weighted by molar-refractivity contribution is -0.229. The lowest BCUT2D eigenvalue weighted by atomic mass is 9.44. The smallest absolute Gasteiger partial charge is 0.309 e. The van der Waals surface area contributed by atoms with Crippen molar-refractivity contribution in [2.75, 3.05) is 5.75 Å². The second-order valence-corrected chi connectivity index (χ2v) is 14.7. The number of carbonyl (C=O) groups excluding carboxylic acids is 4. The number of carbonyl (C=O) groups is 4. The van der Waals surface area contributed by atoms with Crippen molar-refractivity contribution < 1.29 is 37.8 Å². The molecule has 0 saturated heterocycles. The van der Waals surface area contributed by atoms with Crippen LogP contribution in [0.4, 0.5) is 8.78 Å². The summed E-state index contributed by atoms with van der Waals surface area (Å²) in [6.07, 6.45) is 0.140. The van der Waals surface area contributed by atoms with Crippen LogP contribution in [0.15, 0.2) is 48.1 Å². The molecule has 6 nitrogen and oxygen atoms in total. The number of thioether (sulfide) groups is 1.